The van der Waals surface area contributed by atoms with E-state index in [1.165, 1.54) is 20.0 Å². The largest absolute Gasteiger partial charge is 0.469 e. The van der Waals surface area contributed by atoms with Crippen LogP contribution in [0.15, 0.2) is 0 Å². The third-order valence-electron chi connectivity index (χ3n) is 1.68. The molecule has 0 saturated heterocycles. The van der Waals surface area contributed by atoms with Gasteiger partial charge in [0.2, 0.25) is 0 Å². The number of ether oxygens (including phenoxy) is 1. The summed E-state index contributed by atoms with van der Waals surface area (Å²) in [5.41, 5.74) is 0. The van der Waals surface area contributed by atoms with Crippen molar-refractivity contribution >= 4 is 18.4 Å². The third kappa shape index (κ3) is 3.72. The number of carbonyl (C=O) groups is 1. The van der Waals surface area contributed by atoms with Crippen LogP contribution in [0.4, 0.5) is 0 Å². The van der Waals surface area contributed by atoms with E-state index in [0.29, 0.717) is 6.42 Å². The predicted octanol–water partition coefficient (Wildman–Crippen LogP) is 1.77. The molecule has 1 fully saturated rings. The normalized spacial score (nSPS) is 15.7. The first-order valence-electron chi connectivity index (χ1n) is 3.39. The van der Waals surface area contributed by atoms with Gasteiger partial charge in [-0.2, -0.15) is 0 Å². The molecule has 10 heavy (non-hydrogen) atoms. The molecule has 60 valence electrons. The first kappa shape index (κ1) is 9.76. The number of hydrogen-bond acceptors (Lipinski definition) is 2. The molecule has 1 rings (SSSR count). The van der Waals surface area contributed by atoms with E-state index in [1.807, 2.05) is 0 Å². The zero-order valence-corrected chi connectivity index (χ0v) is 6.95. The van der Waals surface area contributed by atoms with Gasteiger partial charge in [0.1, 0.15) is 0 Å². The second-order valence-electron chi connectivity index (χ2n) is 2.56. The smallest absolute Gasteiger partial charge is 0.305 e. The van der Waals surface area contributed by atoms with Crippen LogP contribution in [0.2, 0.25) is 0 Å². The highest BCUT2D eigenvalue weighted by molar-refractivity contribution is 5.85. The molecule has 0 radical (unpaired) electrons. The Morgan fingerprint density at radius 3 is 2.60 bits per heavy atom. The monoisotopic (exact) mass is 164 g/mol. The summed E-state index contributed by atoms with van der Waals surface area (Å²) in [6, 6.07) is 0. The van der Waals surface area contributed by atoms with E-state index < -0.39 is 0 Å². The van der Waals surface area contributed by atoms with Crippen LogP contribution in [0.5, 0.6) is 0 Å². The number of rotatable bonds is 3. The van der Waals surface area contributed by atoms with Gasteiger partial charge in [0, 0.05) is 6.42 Å². The Morgan fingerprint density at radius 2 is 2.20 bits per heavy atom. The van der Waals surface area contributed by atoms with Crippen LogP contribution in [-0.2, 0) is 9.53 Å². The minimum atomic E-state index is -0.0677. The average Bonchev–Trinajstić information content (AvgIpc) is 2.65. The number of methoxy groups -OCH3 is 1. The summed E-state index contributed by atoms with van der Waals surface area (Å²) in [6.07, 6.45) is 4.28. The van der Waals surface area contributed by atoms with E-state index >= 15 is 0 Å². The lowest BCUT2D eigenvalue weighted by molar-refractivity contribution is -0.140. The van der Waals surface area contributed by atoms with Crippen LogP contribution in [0, 0.1) is 5.92 Å². The summed E-state index contributed by atoms with van der Waals surface area (Å²) in [5, 5.41) is 0. The molecule has 1 aliphatic rings. The molecule has 1 saturated carbocycles. The van der Waals surface area contributed by atoms with Crippen LogP contribution in [0.1, 0.15) is 25.7 Å². The molecule has 3 heteroatoms. The van der Waals surface area contributed by atoms with Crippen molar-refractivity contribution in [2.45, 2.75) is 25.7 Å². The molecule has 0 amide bonds. The fourth-order valence-corrected chi connectivity index (χ4v) is 0.831. The van der Waals surface area contributed by atoms with E-state index in [0.717, 1.165) is 12.3 Å². The van der Waals surface area contributed by atoms with Crippen molar-refractivity contribution < 1.29 is 9.53 Å². The Balaban J connectivity index is 0.000000810. The molecule has 0 heterocycles. The van der Waals surface area contributed by atoms with Crippen molar-refractivity contribution in [3.8, 4) is 0 Å². The van der Waals surface area contributed by atoms with E-state index in [1.54, 1.807) is 0 Å². The van der Waals surface area contributed by atoms with Crippen LogP contribution in [0.3, 0.4) is 0 Å². The highest BCUT2D eigenvalue weighted by atomic mass is 35.5. The lowest BCUT2D eigenvalue weighted by atomic mass is 10.2. The van der Waals surface area contributed by atoms with Gasteiger partial charge in [0.05, 0.1) is 7.11 Å². The summed E-state index contributed by atoms with van der Waals surface area (Å²) in [7, 11) is 1.44. The van der Waals surface area contributed by atoms with Gasteiger partial charge in [-0.3, -0.25) is 4.79 Å². The van der Waals surface area contributed by atoms with Crippen molar-refractivity contribution in [3.63, 3.8) is 0 Å². The quantitative estimate of drug-likeness (QED) is 0.595. The molecule has 0 bridgehead atoms. The van der Waals surface area contributed by atoms with E-state index in [-0.39, 0.29) is 18.4 Å². The first-order chi connectivity index (χ1) is 4.33. The maximum Gasteiger partial charge on any atom is 0.305 e. The Morgan fingerprint density at radius 1 is 1.60 bits per heavy atom. The summed E-state index contributed by atoms with van der Waals surface area (Å²) in [5.74, 6) is 0.769. The van der Waals surface area contributed by atoms with Gasteiger partial charge in [-0.05, 0) is 12.3 Å². The van der Waals surface area contributed by atoms with Crippen molar-refractivity contribution in [1.82, 2.24) is 0 Å². The lowest BCUT2D eigenvalue weighted by Gasteiger charge is -1.94. The fourth-order valence-electron chi connectivity index (χ4n) is 0.831. The minimum Gasteiger partial charge on any atom is -0.469 e. The maximum atomic E-state index is 10.5. The lowest BCUT2D eigenvalue weighted by Crippen LogP contribution is -1.99. The Bertz CT molecular complexity index is 110. The highest BCUT2D eigenvalue weighted by Gasteiger charge is 2.21. The molecule has 0 unspecified atom stereocenters. The van der Waals surface area contributed by atoms with Crippen molar-refractivity contribution in [3.05, 3.63) is 0 Å². The van der Waals surface area contributed by atoms with Gasteiger partial charge in [-0.15, -0.1) is 12.4 Å². The summed E-state index contributed by atoms with van der Waals surface area (Å²) < 4.78 is 4.49. The molecule has 0 aromatic carbocycles. The predicted molar refractivity (Wildman–Crippen MR) is 41.2 cm³/mol. The third-order valence-corrected chi connectivity index (χ3v) is 1.68. The Hall–Kier alpha value is -0.240. The number of halogens is 1. The average molecular weight is 165 g/mol. The molecular weight excluding hydrogens is 152 g/mol. The van der Waals surface area contributed by atoms with Gasteiger partial charge >= 0.3 is 5.97 Å². The number of esters is 1. The summed E-state index contributed by atoms with van der Waals surface area (Å²) in [6.45, 7) is 0. The van der Waals surface area contributed by atoms with Crippen molar-refractivity contribution in [2.24, 2.45) is 5.92 Å². The van der Waals surface area contributed by atoms with E-state index in [2.05, 4.69) is 4.74 Å². The van der Waals surface area contributed by atoms with Crippen LogP contribution in [-0.4, -0.2) is 13.1 Å². The molecule has 0 spiro atoms. The number of carbonyl (C=O) groups excluding carboxylic acids is 1. The van der Waals surface area contributed by atoms with Crippen LogP contribution < -0.4 is 0 Å². The minimum absolute atomic E-state index is 0. The first-order valence-corrected chi connectivity index (χ1v) is 3.39. The second kappa shape index (κ2) is 4.56. The van der Waals surface area contributed by atoms with Gasteiger partial charge in [-0.1, -0.05) is 12.8 Å². The van der Waals surface area contributed by atoms with Crippen molar-refractivity contribution in [1.29, 1.82) is 0 Å². The summed E-state index contributed by atoms with van der Waals surface area (Å²) >= 11 is 0. The molecule has 1 aliphatic carbocycles. The topological polar surface area (TPSA) is 26.3 Å². The molecule has 0 atom stereocenters. The maximum absolute atomic E-state index is 10.5. The van der Waals surface area contributed by atoms with Crippen molar-refractivity contribution in [2.75, 3.05) is 7.11 Å². The highest BCUT2D eigenvalue weighted by Crippen LogP contribution is 2.33. The van der Waals surface area contributed by atoms with Crippen LogP contribution in [0.25, 0.3) is 0 Å². The van der Waals surface area contributed by atoms with Gasteiger partial charge in [0.15, 0.2) is 0 Å². The Labute approximate surface area is 67.4 Å². The zero-order valence-electron chi connectivity index (χ0n) is 6.13. The zero-order chi connectivity index (χ0) is 6.69. The number of hydrogen-bond donors (Lipinski definition) is 0. The van der Waals surface area contributed by atoms with Gasteiger partial charge < -0.3 is 4.74 Å². The molecular formula is C7H13ClO2. The molecule has 0 N–H and O–H groups in total. The standard InChI is InChI=1S/C7H12O2.ClH/c1-9-7(8)5-4-6-2-3-6;/h6H,2-5H2,1H3;1H. The molecule has 2 nitrogen and oxygen atoms in total. The van der Waals surface area contributed by atoms with Gasteiger partial charge in [-0.25, -0.2) is 0 Å². The van der Waals surface area contributed by atoms with E-state index in [4.69, 9.17) is 0 Å². The second-order valence-corrected chi connectivity index (χ2v) is 2.56. The fraction of sp³-hybridized carbons (Fsp3) is 0.857. The van der Waals surface area contributed by atoms with E-state index in [9.17, 15) is 4.79 Å². The SMILES string of the molecule is COC(=O)CCC1CC1.Cl. The van der Waals surface area contributed by atoms with Gasteiger partial charge in [0.25, 0.3) is 0 Å². The van der Waals surface area contributed by atoms with Crippen LogP contribution >= 0.6 is 12.4 Å². The molecule has 0 aromatic rings. The Kier molecular flexibility index (Phi) is 4.45. The molecule has 0 aliphatic heterocycles. The molecule has 0 aromatic heterocycles. The summed E-state index contributed by atoms with van der Waals surface area (Å²) in [4.78, 5) is 10.5.